The summed E-state index contributed by atoms with van der Waals surface area (Å²) in [6.07, 6.45) is -5.48. The number of carbonyl (C=O) groups is 2. The lowest BCUT2D eigenvalue weighted by Crippen LogP contribution is -2.52. The minimum Gasteiger partial charge on any atom is -0.320 e. The van der Waals surface area contributed by atoms with Crippen LogP contribution in [-0.4, -0.2) is 30.7 Å². The third kappa shape index (κ3) is 6.07. The summed E-state index contributed by atoms with van der Waals surface area (Å²) in [5.74, 6) is -13.1. The zero-order valence-electron chi connectivity index (χ0n) is 21.3. The second-order valence-corrected chi connectivity index (χ2v) is 9.99. The van der Waals surface area contributed by atoms with Crippen molar-refractivity contribution < 1.29 is 49.1 Å². The van der Waals surface area contributed by atoms with E-state index in [1.54, 1.807) is 23.5 Å². The monoisotopic (exact) mass is 654 g/mol. The van der Waals surface area contributed by atoms with Gasteiger partial charge in [0.05, 0.1) is 22.5 Å². The van der Waals surface area contributed by atoms with Crippen LogP contribution in [0.2, 0.25) is 0 Å². The van der Waals surface area contributed by atoms with Crippen molar-refractivity contribution in [2.75, 3.05) is 17.3 Å². The summed E-state index contributed by atoms with van der Waals surface area (Å²) in [5, 5.41) is 1.78. The van der Waals surface area contributed by atoms with E-state index in [1.165, 1.54) is 19.2 Å². The Morgan fingerprint density at radius 1 is 0.829 bits per heavy atom. The van der Waals surface area contributed by atoms with E-state index in [-0.39, 0.29) is 31.5 Å². The van der Waals surface area contributed by atoms with Crippen molar-refractivity contribution in [2.45, 2.75) is 37.5 Å². The van der Waals surface area contributed by atoms with E-state index in [9.17, 15) is 40.3 Å². The van der Waals surface area contributed by atoms with Crippen LogP contribution in [0.5, 0.6) is 0 Å². The molecule has 0 aliphatic heterocycles. The minimum atomic E-state index is -5.48. The molecule has 0 saturated carbocycles. The molecule has 2 amide bonds. The first-order valence-corrected chi connectivity index (χ1v) is 12.3. The Labute approximate surface area is 236 Å². The quantitative estimate of drug-likeness (QED) is 0.259. The number of hydrogen-bond donors (Lipinski definition) is 1. The highest BCUT2D eigenvalue weighted by molar-refractivity contribution is 9.10. The first kappa shape index (κ1) is 32.0. The molecule has 0 aliphatic carbocycles. The summed E-state index contributed by atoms with van der Waals surface area (Å²) in [7, 11) is 1.20. The van der Waals surface area contributed by atoms with Crippen LogP contribution in [0, 0.1) is 5.82 Å². The molecule has 0 atom stereocenters. The summed E-state index contributed by atoms with van der Waals surface area (Å²) in [5.41, 5.74) is -10.8. The lowest BCUT2D eigenvalue weighted by atomic mass is 9.83. The first-order chi connectivity index (χ1) is 18.7. The number of halogens is 10. The van der Waals surface area contributed by atoms with Crippen LogP contribution in [0.1, 0.15) is 45.7 Å². The molecule has 14 heteroatoms. The average molecular weight is 655 g/mol. The van der Waals surface area contributed by atoms with Crippen molar-refractivity contribution in [3.05, 3.63) is 93.2 Å². The van der Waals surface area contributed by atoms with Gasteiger partial charge in [-0.3, -0.25) is 9.59 Å². The van der Waals surface area contributed by atoms with E-state index < -0.39 is 73.9 Å². The SMILES string of the molecule is CN(C(=O)c1ccccc1)c1cccc(C(=O)Nc2c(Br)cc(C(F)(C(C)(F)F)C(C)(F)F)cc2C(F)(F)F)c1F. The normalized spacial score (nSPS) is 12.7. The number of amides is 2. The Bertz CT molecular complexity index is 1450. The molecule has 41 heavy (non-hydrogen) atoms. The van der Waals surface area contributed by atoms with Gasteiger partial charge in [0.2, 0.25) is 0 Å². The van der Waals surface area contributed by atoms with Gasteiger partial charge in [-0.15, -0.1) is 0 Å². The van der Waals surface area contributed by atoms with Gasteiger partial charge in [0, 0.05) is 36.5 Å². The number of carbonyl (C=O) groups excluding carboxylic acids is 2. The zero-order valence-corrected chi connectivity index (χ0v) is 22.9. The van der Waals surface area contributed by atoms with E-state index >= 15 is 8.78 Å². The predicted octanol–water partition coefficient (Wildman–Crippen LogP) is 8.61. The van der Waals surface area contributed by atoms with Gasteiger partial charge in [0.15, 0.2) is 5.82 Å². The van der Waals surface area contributed by atoms with Gasteiger partial charge >= 0.3 is 6.18 Å². The summed E-state index contributed by atoms with van der Waals surface area (Å²) in [4.78, 5) is 26.5. The zero-order chi connectivity index (χ0) is 31.1. The molecule has 0 aliphatic rings. The number of benzene rings is 3. The van der Waals surface area contributed by atoms with E-state index in [0.717, 1.165) is 23.1 Å². The number of nitrogens with zero attached hydrogens (tertiary/aromatic N) is 1. The molecular formula is C27H20BrF9N2O2. The average Bonchev–Trinajstić information content (AvgIpc) is 2.86. The molecule has 3 aromatic rings. The molecule has 0 spiro atoms. The fourth-order valence-electron chi connectivity index (χ4n) is 4.07. The van der Waals surface area contributed by atoms with Gasteiger partial charge in [-0.05, 0) is 52.3 Å². The highest BCUT2D eigenvalue weighted by Gasteiger charge is 2.66. The van der Waals surface area contributed by atoms with Crippen molar-refractivity contribution in [3.63, 3.8) is 0 Å². The van der Waals surface area contributed by atoms with Crippen molar-refractivity contribution in [1.29, 1.82) is 0 Å². The lowest BCUT2D eigenvalue weighted by Gasteiger charge is -2.36. The molecule has 0 heterocycles. The number of alkyl halides is 8. The number of hydrogen-bond acceptors (Lipinski definition) is 2. The van der Waals surface area contributed by atoms with Crippen LogP contribution in [-0.2, 0) is 11.8 Å². The Morgan fingerprint density at radius 2 is 1.39 bits per heavy atom. The van der Waals surface area contributed by atoms with Crippen molar-refractivity contribution in [2.24, 2.45) is 0 Å². The maximum absolute atomic E-state index is 15.4. The third-order valence-electron chi connectivity index (χ3n) is 6.15. The Hall–Kier alpha value is -3.55. The standard InChI is InChI=1S/C27H20BrF9N2O2/c1-24(30,31)26(34,25(2,32)33)15-12-17(27(35,36)37)21(18(28)13-15)38-22(40)16-10-7-11-19(20(16)29)39(3)23(41)14-8-5-4-6-9-14/h4-13H,1-3H3,(H,38,40). The molecule has 3 aromatic carbocycles. The van der Waals surface area contributed by atoms with E-state index in [0.29, 0.717) is 0 Å². The summed E-state index contributed by atoms with van der Waals surface area (Å²) in [6, 6.07) is 10.8. The second kappa shape index (κ2) is 11.0. The van der Waals surface area contributed by atoms with Crippen molar-refractivity contribution in [3.8, 4) is 0 Å². The number of nitrogens with one attached hydrogen (secondary N) is 1. The van der Waals surface area contributed by atoms with E-state index in [1.807, 2.05) is 0 Å². The molecule has 0 unspecified atom stereocenters. The van der Waals surface area contributed by atoms with Crippen LogP contribution < -0.4 is 10.2 Å². The molecule has 0 radical (unpaired) electrons. The van der Waals surface area contributed by atoms with Gasteiger partial charge in [-0.1, -0.05) is 24.3 Å². The van der Waals surface area contributed by atoms with Gasteiger partial charge in [0.25, 0.3) is 29.3 Å². The second-order valence-electron chi connectivity index (χ2n) is 9.14. The van der Waals surface area contributed by atoms with Gasteiger partial charge in [0.1, 0.15) is 0 Å². The third-order valence-corrected chi connectivity index (χ3v) is 6.78. The molecule has 4 nitrogen and oxygen atoms in total. The lowest BCUT2D eigenvalue weighted by molar-refractivity contribution is -0.240. The molecule has 220 valence electrons. The van der Waals surface area contributed by atoms with Crippen LogP contribution in [0.3, 0.4) is 0 Å². The first-order valence-electron chi connectivity index (χ1n) is 11.5. The van der Waals surface area contributed by atoms with Crippen LogP contribution in [0.15, 0.2) is 65.1 Å². The molecule has 0 saturated heterocycles. The molecule has 0 bridgehead atoms. The van der Waals surface area contributed by atoms with Gasteiger partial charge < -0.3 is 10.2 Å². The Morgan fingerprint density at radius 3 is 1.90 bits per heavy atom. The van der Waals surface area contributed by atoms with Gasteiger partial charge in [-0.2, -0.15) is 13.2 Å². The van der Waals surface area contributed by atoms with Crippen LogP contribution in [0.4, 0.5) is 50.9 Å². The molecule has 1 N–H and O–H groups in total. The smallest absolute Gasteiger partial charge is 0.320 e. The van der Waals surface area contributed by atoms with Crippen molar-refractivity contribution in [1.82, 2.24) is 0 Å². The fraction of sp³-hybridized carbons (Fsp3) is 0.259. The molecule has 0 fully saturated rings. The minimum absolute atomic E-state index is 0.169. The van der Waals surface area contributed by atoms with Crippen molar-refractivity contribution >= 4 is 39.1 Å². The Kier molecular flexibility index (Phi) is 8.60. The van der Waals surface area contributed by atoms with Gasteiger partial charge in [-0.25, -0.2) is 26.3 Å². The van der Waals surface area contributed by atoms with Crippen LogP contribution in [0.25, 0.3) is 0 Å². The van der Waals surface area contributed by atoms with Crippen LogP contribution >= 0.6 is 15.9 Å². The summed E-state index contributed by atoms with van der Waals surface area (Å²) < 4.78 is 128. The predicted molar refractivity (Wildman–Crippen MR) is 137 cm³/mol. The molecule has 0 aromatic heterocycles. The molecular weight excluding hydrogens is 635 g/mol. The van der Waals surface area contributed by atoms with E-state index in [4.69, 9.17) is 0 Å². The Balaban J connectivity index is 2.08. The summed E-state index contributed by atoms with van der Waals surface area (Å²) in [6.45, 7) is -0.423. The highest BCUT2D eigenvalue weighted by atomic mass is 79.9. The topological polar surface area (TPSA) is 49.4 Å². The largest absolute Gasteiger partial charge is 0.418 e. The number of anilines is 2. The maximum atomic E-state index is 15.4. The molecule has 3 rings (SSSR count). The number of rotatable bonds is 7. The summed E-state index contributed by atoms with van der Waals surface area (Å²) >= 11 is 2.60. The fourth-order valence-corrected chi connectivity index (χ4v) is 4.63. The van der Waals surface area contributed by atoms with E-state index in [2.05, 4.69) is 15.9 Å². The highest BCUT2D eigenvalue weighted by Crippen LogP contribution is 2.53. The maximum Gasteiger partial charge on any atom is 0.418 e.